The monoisotopic (exact) mass is 496 g/mol. The van der Waals surface area contributed by atoms with Crippen LogP contribution in [-0.4, -0.2) is 25.0 Å². The summed E-state index contributed by atoms with van der Waals surface area (Å²) < 4.78 is 17.0. The smallest absolute Gasteiger partial charge is 0.262 e. The minimum atomic E-state index is -0.251. The lowest BCUT2D eigenvalue weighted by molar-refractivity contribution is -0.118. The van der Waals surface area contributed by atoms with Crippen molar-refractivity contribution >= 4 is 23.2 Å². The number of para-hydroxylation sites is 2. The number of rotatable bonds is 10. The third-order valence-electron chi connectivity index (χ3n) is 5.42. The molecule has 0 spiro atoms. The average molecular weight is 497 g/mol. The van der Waals surface area contributed by atoms with Crippen molar-refractivity contribution in [2.24, 2.45) is 0 Å². The van der Waals surface area contributed by atoms with E-state index in [0.29, 0.717) is 34.4 Å². The molecule has 188 valence electrons. The zero-order valence-electron chi connectivity index (χ0n) is 20.7. The van der Waals surface area contributed by atoms with E-state index in [0.717, 1.165) is 11.1 Å². The number of hydrogen-bond acceptors (Lipinski definition) is 5. The van der Waals surface area contributed by atoms with Crippen LogP contribution in [0.5, 0.6) is 23.0 Å². The van der Waals surface area contributed by atoms with Crippen LogP contribution in [0.15, 0.2) is 97.1 Å². The Labute approximate surface area is 216 Å². The van der Waals surface area contributed by atoms with E-state index in [4.69, 9.17) is 14.2 Å². The van der Waals surface area contributed by atoms with Crippen molar-refractivity contribution in [1.29, 1.82) is 0 Å². The zero-order chi connectivity index (χ0) is 26.0. The second-order valence-corrected chi connectivity index (χ2v) is 8.36. The summed E-state index contributed by atoms with van der Waals surface area (Å²) >= 11 is 0. The molecule has 0 radical (unpaired) electrons. The molecule has 0 atom stereocenters. The first-order chi connectivity index (χ1) is 18.0. The lowest BCUT2D eigenvalue weighted by Crippen LogP contribution is -2.20. The van der Waals surface area contributed by atoms with Crippen molar-refractivity contribution < 1.29 is 23.8 Å². The largest absolute Gasteiger partial charge is 0.483 e. The number of nitrogens with one attached hydrogen (secondary N) is 2. The lowest BCUT2D eigenvalue weighted by atomic mass is 10.2. The molecule has 0 aliphatic carbocycles. The molecular formula is C30H28N2O5. The van der Waals surface area contributed by atoms with E-state index in [-0.39, 0.29) is 25.0 Å². The summed E-state index contributed by atoms with van der Waals surface area (Å²) in [6.07, 6.45) is 0. The number of carbonyl (C=O) groups excluding carboxylic acids is 2. The maximum atomic E-state index is 12.2. The second-order valence-electron chi connectivity index (χ2n) is 8.36. The summed E-state index contributed by atoms with van der Waals surface area (Å²) in [6, 6.07) is 29.1. The standard InChI is InChI=1S/C30H28N2O5/c1-21-7-3-5-9-27(21)35-19-29(33)31-23-11-15-25(16-12-23)37-26-17-13-24(14-18-26)32-30(34)20-36-28-10-6-4-8-22(28)2/h3-18H,19-20H2,1-2H3,(H,31,33)(H,32,34). The molecule has 0 unspecified atom stereocenters. The summed E-state index contributed by atoms with van der Waals surface area (Å²) in [5.41, 5.74) is 3.21. The fourth-order valence-electron chi connectivity index (χ4n) is 3.47. The van der Waals surface area contributed by atoms with Crippen LogP contribution in [0.3, 0.4) is 0 Å². The maximum absolute atomic E-state index is 12.2. The van der Waals surface area contributed by atoms with Crippen molar-refractivity contribution in [3.8, 4) is 23.0 Å². The minimum absolute atomic E-state index is 0.0794. The summed E-state index contributed by atoms with van der Waals surface area (Å²) in [5, 5.41) is 5.60. The van der Waals surface area contributed by atoms with Crippen molar-refractivity contribution in [3.63, 3.8) is 0 Å². The van der Waals surface area contributed by atoms with E-state index < -0.39 is 0 Å². The molecule has 4 aromatic rings. The Hall–Kier alpha value is -4.78. The van der Waals surface area contributed by atoms with E-state index in [1.807, 2.05) is 62.4 Å². The van der Waals surface area contributed by atoms with E-state index in [9.17, 15) is 9.59 Å². The fourth-order valence-corrected chi connectivity index (χ4v) is 3.47. The van der Waals surface area contributed by atoms with Crippen LogP contribution in [0.1, 0.15) is 11.1 Å². The Morgan fingerprint density at radius 3 is 1.32 bits per heavy atom. The average Bonchev–Trinajstić information content (AvgIpc) is 2.90. The van der Waals surface area contributed by atoms with Gasteiger partial charge in [0.1, 0.15) is 23.0 Å². The molecule has 4 rings (SSSR count). The van der Waals surface area contributed by atoms with Crippen molar-refractivity contribution in [2.45, 2.75) is 13.8 Å². The first-order valence-electron chi connectivity index (χ1n) is 11.8. The predicted octanol–water partition coefficient (Wildman–Crippen LogP) is 6.13. The summed E-state index contributed by atoms with van der Waals surface area (Å²) in [5.74, 6) is 2.08. The number of benzene rings is 4. The van der Waals surface area contributed by atoms with Gasteiger partial charge in [-0.2, -0.15) is 0 Å². The van der Waals surface area contributed by atoms with Crippen LogP contribution in [0.25, 0.3) is 0 Å². The Morgan fingerprint density at radius 2 is 0.946 bits per heavy atom. The highest BCUT2D eigenvalue weighted by atomic mass is 16.5. The van der Waals surface area contributed by atoms with Crippen molar-refractivity contribution in [3.05, 3.63) is 108 Å². The first kappa shape index (κ1) is 25.3. The fraction of sp³-hybridized carbons (Fsp3) is 0.133. The molecule has 2 N–H and O–H groups in total. The van der Waals surface area contributed by atoms with E-state index in [1.54, 1.807) is 48.5 Å². The third kappa shape index (κ3) is 7.60. The van der Waals surface area contributed by atoms with Gasteiger partial charge in [-0.05, 0) is 85.6 Å². The van der Waals surface area contributed by atoms with Gasteiger partial charge in [0.15, 0.2) is 13.2 Å². The molecule has 0 aliphatic heterocycles. The van der Waals surface area contributed by atoms with Gasteiger partial charge in [-0.25, -0.2) is 0 Å². The highest BCUT2D eigenvalue weighted by Crippen LogP contribution is 2.25. The first-order valence-corrected chi connectivity index (χ1v) is 11.8. The molecule has 0 bridgehead atoms. The molecule has 0 aliphatic rings. The van der Waals surface area contributed by atoms with Gasteiger partial charge in [-0.15, -0.1) is 0 Å². The molecular weight excluding hydrogens is 468 g/mol. The third-order valence-corrected chi connectivity index (χ3v) is 5.42. The van der Waals surface area contributed by atoms with Crippen LogP contribution >= 0.6 is 0 Å². The normalized spacial score (nSPS) is 10.3. The van der Waals surface area contributed by atoms with Crippen LogP contribution in [0, 0.1) is 13.8 Å². The van der Waals surface area contributed by atoms with E-state index in [1.165, 1.54) is 0 Å². The van der Waals surface area contributed by atoms with Gasteiger partial charge in [0.2, 0.25) is 0 Å². The highest BCUT2D eigenvalue weighted by Gasteiger charge is 2.08. The predicted molar refractivity (Wildman–Crippen MR) is 144 cm³/mol. The molecule has 0 fully saturated rings. The minimum Gasteiger partial charge on any atom is -0.483 e. The molecule has 0 heterocycles. The summed E-state index contributed by atoms with van der Waals surface area (Å²) in [6.45, 7) is 3.70. The molecule has 37 heavy (non-hydrogen) atoms. The Bertz CT molecular complexity index is 1250. The Balaban J connectivity index is 1.22. The molecule has 0 aromatic heterocycles. The number of amides is 2. The Morgan fingerprint density at radius 1 is 0.568 bits per heavy atom. The molecule has 2 amide bonds. The van der Waals surface area contributed by atoms with Gasteiger partial charge < -0.3 is 24.8 Å². The van der Waals surface area contributed by atoms with Crippen LogP contribution in [-0.2, 0) is 9.59 Å². The van der Waals surface area contributed by atoms with Gasteiger partial charge in [0.05, 0.1) is 0 Å². The Kier molecular flexibility index (Phi) is 8.39. The molecule has 7 nitrogen and oxygen atoms in total. The van der Waals surface area contributed by atoms with Gasteiger partial charge >= 0.3 is 0 Å². The number of anilines is 2. The van der Waals surface area contributed by atoms with Crippen molar-refractivity contribution in [1.82, 2.24) is 0 Å². The molecule has 0 saturated heterocycles. The molecule has 4 aromatic carbocycles. The maximum Gasteiger partial charge on any atom is 0.262 e. The summed E-state index contributed by atoms with van der Waals surface area (Å²) in [7, 11) is 0. The SMILES string of the molecule is Cc1ccccc1OCC(=O)Nc1ccc(Oc2ccc(NC(=O)COc3ccccc3C)cc2)cc1. The number of aryl methyl sites for hydroxylation is 2. The van der Waals surface area contributed by atoms with Gasteiger partial charge in [0.25, 0.3) is 11.8 Å². The topological polar surface area (TPSA) is 85.9 Å². The summed E-state index contributed by atoms with van der Waals surface area (Å²) in [4.78, 5) is 24.4. The van der Waals surface area contributed by atoms with Gasteiger partial charge in [-0.3, -0.25) is 9.59 Å². The molecule has 0 saturated carbocycles. The lowest BCUT2D eigenvalue weighted by Gasteiger charge is -2.11. The van der Waals surface area contributed by atoms with Gasteiger partial charge in [0, 0.05) is 11.4 Å². The van der Waals surface area contributed by atoms with Gasteiger partial charge in [-0.1, -0.05) is 36.4 Å². The van der Waals surface area contributed by atoms with Crippen LogP contribution in [0.4, 0.5) is 11.4 Å². The highest BCUT2D eigenvalue weighted by molar-refractivity contribution is 5.92. The number of carbonyl (C=O) groups is 2. The zero-order valence-corrected chi connectivity index (χ0v) is 20.7. The van der Waals surface area contributed by atoms with Crippen LogP contribution in [0.2, 0.25) is 0 Å². The number of hydrogen-bond donors (Lipinski definition) is 2. The second kappa shape index (κ2) is 12.3. The quantitative estimate of drug-likeness (QED) is 0.276. The number of ether oxygens (including phenoxy) is 3. The molecule has 7 heteroatoms. The van der Waals surface area contributed by atoms with Crippen molar-refractivity contribution in [2.75, 3.05) is 23.8 Å². The van der Waals surface area contributed by atoms with E-state index in [2.05, 4.69) is 10.6 Å². The van der Waals surface area contributed by atoms with Crippen LogP contribution < -0.4 is 24.8 Å². The van der Waals surface area contributed by atoms with E-state index >= 15 is 0 Å².